The molecule has 26 heavy (non-hydrogen) atoms. The molecule has 4 rings (SSSR count). The van der Waals surface area contributed by atoms with Gasteiger partial charge in [0.2, 0.25) is 0 Å². The molecule has 2 aromatic rings. The summed E-state index contributed by atoms with van der Waals surface area (Å²) < 4.78 is 16.3. The summed E-state index contributed by atoms with van der Waals surface area (Å²) in [4.78, 5) is 2.47. The lowest BCUT2D eigenvalue weighted by molar-refractivity contribution is 0.114. The van der Waals surface area contributed by atoms with Gasteiger partial charge in [0.25, 0.3) is 0 Å². The quantitative estimate of drug-likeness (QED) is 0.911. The molecular formula is C21H25NO4. The molecule has 2 heterocycles. The number of fused-ring (bicyclic) bond motifs is 4. The van der Waals surface area contributed by atoms with Crippen molar-refractivity contribution >= 4 is 0 Å². The van der Waals surface area contributed by atoms with Crippen LogP contribution >= 0.6 is 0 Å². The van der Waals surface area contributed by atoms with Crippen LogP contribution in [0.1, 0.15) is 41.3 Å². The molecule has 0 amide bonds. The van der Waals surface area contributed by atoms with Crippen molar-refractivity contribution in [2.24, 2.45) is 0 Å². The first-order valence-electron chi connectivity index (χ1n) is 8.98. The minimum Gasteiger partial charge on any atom is -0.504 e. The summed E-state index contributed by atoms with van der Waals surface area (Å²) in [6.07, 6.45) is 1.82. The maximum atomic E-state index is 10.7. The number of ether oxygens (including phenoxy) is 3. The van der Waals surface area contributed by atoms with E-state index in [1.165, 1.54) is 16.7 Å². The average Bonchev–Trinajstić information content (AvgIpc) is 2.66. The van der Waals surface area contributed by atoms with Crippen molar-refractivity contribution < 1.29 is 19.3 Å². The third-order valence-corrected chi connectivity index (χ3v) is 5.86. The highest BCUT2D eigenvalue weighted by molar-refractivity contribution is 5.55. The van der Waals surface area contributed by atoms with E-state index in [1.54, 1.807) is 21.3 Å². The fraction of sp³-hybridized carbons (Fsp3) is 0.429. The Hall–Kier alpha value is -2.40. The molecule has 1 N–H and O–H groups in total. The summed E-state index contributed by atoms with van der Waals surface area (Å²) in [5, 5.41) is 10.7. The molecule has 0 fully saturated rings. The molecule has 2 aliphatic heterocycles. The topological polar surface area (TPSA) is 51.2 Å². The van der Waals surface area contributed by atoms with Crippen molar-refractivity contribution in [3.05, 3.63) is 46.5 Å². The molecule has 5 nitrogen and oxygen atoms in total. The van der Waals surface area contributed by atoms with Crippen LogP contribution in [0.2, 0.25) is 0 Å². The van der Waals surface area contributed by atoms with Gasteiger partial charge in [0.05, 0.1) is 21.3 Å². The van der Waals surface area contributed by atoms with Crippen molar-refractivity contribution in [2.45, 2.75) is 31.8 Å². The van der Waals surface area contributed by atoms with Crippen molar-refractivity contribution in [3.63, 3.8) is 0 Å². The maximum Gasteiger partial charge on any atom is 0.162 e. The summed E-state index contributed by atoms with van der Waals surface area (Å²) in [6, 6.07) is 8.56. The van der Waals surface area contributed by atoms with Crippen LogP contribution < -0.4 is 14.2 Å². The molecule has 0 saturated heterocycles. The lowest BCUT2D eigenvalue weighted by atomic mass is 9.80. The van der Waals surface area contributed by atoms with Crippen LogP contribution in [-0.2, 0) is 12.8 Å². The zero-order valence-electron chi connectivity index (χ0n) is 15.7. The van der Waals surface area contributed by atoms with E-state index in [-0.39, 0.29) is 17.8 Å². The Bertz CT molecular complexity index is 848. The Morgan fingerprint density at radius 3 is 2.35 bits per heavy atom. The fourth-order valence-corrected chi connectivity index (χ4v) is 4.55. The number of hydrogen-bond donors (Lipinski definition) is 1. The Morgan fingerprint density at radius 1 is 0.962 bits per heavy atom. The second-order valence-corrected chi connectivity index (χ2v) is 6.98. The smallest absolute Gasteiger partial charge is 0.162 e. The van der Waals surface area contributed by atoms with Gasteiger partial charge in [-0.15, -0.1) is 0 Å². The van der Waals surface area contributed by atoms with Gasteiger partial charge in [-0.1, -0.05) is 6.07 Å². The average molecular weight is 355 g/mol. The van der Waals surface area contributed by atoms with E-state index in [2.05, 4.69) is 30.0 Å². The van der Waals surface area contributed by atoms with E-state index < -0.39 is 0 Å². The number of rotatable bonds is 3. The first-order valence-corrected chi connectivity index (χ1v) is 8.98. The fourth-order valence-electron chi connectivity index (χ4n) is 4.55. The van der Waals surface area contributed by atoms with Gasteiger partial charge in [0, 0.05) is 24.2 Å². The second kappa shape index (κ2) is 6.40. The number of benzene rings is 2. The molecule has 2 aromatic carbocycles. The van der Waals surface area contributed by atoms with Crippen LogP contribution in [0.3, 0.4) is 0 Å². The number of phenolic OH excluding ortho intramolecular Hbond substituents is 1. The number of methoxy groups -OCH3 is 3. The third kappa shape index (κ3) is 2.42. The second-order valence-electron chi connectivity index (χ2n) is 6.98. The lowest BCUT2D eigenvalue weighted by Gasteiger charge is -2.46. The van der Waals surface area contributed by atoms with Crippen LogP contribution in [0.4, 0.5) is 0 Å². The summed E-state index contributed by atoms with van der Waals surface area (Å²) in [5.74, 6) is 2.36. The van der Waals surface area contributed by atoms with Crippen molar-refractivity contribution in [3.8, 4) is 23.0 Å². The predicted molar refractivity (Wildman–Crippen MR) is 99.5 cm³/mol. The molecule has 0 spiro atoms. The Balaban J connectivity index is 1.81. The number of hydrogen-bond acceptors (Lipinski definition) is 5. The Labute approximate surface area is 154 Å². The molecule has 0 aliphatic carbocycles. The van der Waals surface area contributed by atoms with Crippen LogP contribution in [0, 0.1) is 0 Å². The van der Waals surface area contributed by atoms with Gasteiger partial charge in [-0.3, -0.25) is 4.90 Å². The molecule has 0 unspecified atom stereocenters. The van der Waals surface area contributed by atoms with Gasteiger partial charge in [0.1, 0.15) is 0 Å². The lowest BCUT2D eigenvalue weighted by Crippen LogP contribution is -2.41. The molecule has 2 atom stereocenters. The normalized spacial score (nSPS) is 21.4. The van der Waals surface area contributed by atoms with E-state index in [0.29, 0.717) is 5.75 Å². The van der Waals surface area contributed by atoms with E-state index in [4.69, 9.17) is 14.2 Å². The van der Waals surface area contributed by atoms with Crippen molar-refractivity contribution in [1.82, 2.24) is 4.90 Å². The first-order chi connectivity index (χ1) is 12.6. The third-order valence-electron chi connectivity index (χ3n) is 5.86. The summed E-state index contributed by atoms with van der Waals surface area (Å²) >= 11 is 0. The summed E-state index contributed by atoms with van der Waals surface area (Å²) in [5.41, 5.74) is 4.78. The van der Waals surface area contributed by atoms with Gasteiger partial charge >= 0.3 is 0 Å². The number of phenols is 1. The summed E-state index contributed by atoms with van der Waals surface area (Å²) in [7, 11) is 4.94. The monoisotopic (exact) mass is 355 g/mol. The van der Waals surface area contributed by atoms with Gasteiger partial charge in [-0.25, -0.2) is 0 Å². The number of aromatic hydroxyl groups is 1. The Kier molecular flexibility index (Phi) is 4.19. The summed E-state index contributed by atoms with van der Waals surface area (Å²) in [6.45, 7) is 3.11. The standard InChI is InChI=1S/C21H25NO4/c1-12-20-14(5-6-17(24-2)21(20)23)9-16-15-11-19(26-4)18(25-3)10-13(15)7-8-22(12)16/h5-6,10-12,16,23H,7-9H2,1-4H3/t12-,16+/m1/s1. The van der Waals surface area contributed by atoms with E-state index in [1.807, 2.05) is 6.07 Å². The highest BCUT2D eigenvalue weighted by atomic mass is 16.5. The Morgan fingerprint density at radius 2 is 1.65 bits per heavy atom. The SMILES string of the molecule is COc1cc2c(cc1OC)[C@@H]1Cc3ccc(OC)c(O)c3[C@@H](C)N1CC2. The molecule has 5 heteroatoms. The van der Waals surface area contributed by atoms with Crippen molar-refractivity contribution in [1.29, 1.82) is 0 Å². The highest BCUT2D eigenvalue weighted by Crippen LogP contribution is 2.49. The highest BCUT2D eigenvalue weighted by Gasteiger charge is 2.38. The van der Waals surface area contributed by atoms with Gasteiger partial charge in [-0.05, 0) is 54.7 Å². The zero-order chi connectivity index (χ0) is 18.4. The van der Waals surface area contributed by atoms with Gasteiger partial charge in [-0.2, -0.15) is 0 Å². The first kappa shape index (κ1) is 17.0. The zero-order valence-corrected chi connectivity index (χ0v) is 15.7. The molecular weight excluding hydrogens is 330 g/mol. The van der Waals surface area contributed by atoms with Crippen molar-refractivity contribution in [2.75, 3.05) is 27.9 Å². The molecule has 0 aromatic heterocycles. The minimum absolute atomic E-state index is 0.125. The van der Waals surface area contributed by atoms with E-state index in [0.717, 1.165) is 36.4 Å². The predicted octanol–water partition coefficient (Wildman–Crippen LogP) is 3.63. The number of nitrogens with zero attached hydrogens (tertiary/aromatic N) is 1. The van der Waals surface area contributed by atoms with E-state index in [9.17, 15) is 5.11 Å². The largest absolute Gasteiger partial charge is 0.504 e. The maximum absolute atomic E-state index is 10.7. The minimum atomic E-state index is 0.125. The van der Waals surface area contributed by atoms with Crippen LogP contribution in [0.5, 0.6) is 23.0 Å². The van der Waals surface area contributed by atoms with E-state index >= 15 is 0 Å². The molecule has 0 bridgehead atoms. The van der Waals surface area contributed by atoms with Crippen LogP contribution in [-0.4, -0.2) is 37.9 Å². The molecule has 0 saturated carbocycles. The molecule has 2 aliphatic rings. The van der Waals surface area contributed by atoms with Gasteiger partial charge in [0.15, 0.2) is 23.0 Å². The molecule has 0 radical (unpaired) electrons. The molecule has 138 valence electrons. The van der Waals surface area contributed by atoms with Gasteiger partial charge < -0.3 is 19.3 Å². The van der Waals surface area contributed by atoms with Crippen LogP contribution in [0.15, 0.2) is 24.3 Å². The van der Waals surface area contributed by atoms with Crippen LogP contribution in [0.25, 0.3) is 0 Å².